The molecule has 0 radical (unpaired) electrons. The second-order valence-electron chi connectivity index (χ2n) is 4.62. The van der Waals surface area contributed by atoms with Gasteiger partial charge >= 0.3 is 6.18 Å². The summed E-state index contributed by atoms with van der Waals surface area (Å²) in [5.74, 6) is -1.03. The predicted octanol–water partition coefficient (Wildman–Crippen LogP) is 2.17. The van der Waals surface area contributed by atoms with Crippen molar-refractivity contribution in [1.29, 1.82) is 0 Å². The highest BCUT2D eigenvalue weighted by Gasteiger charge is 2.30. The first kappa shape index (κ1) is 18.6. The van der Waals surface area contributed by atoms with Gasteiger partial charge in [-0.05, 0) is 25.1 Å². The number of ether oxygens (including phenoxy) is 1. The lowest BCUT2D eigenvalue weighted by Crippen LogP contribution is -2.24. The molecule has 0 atom stereocenters. The molecule has 6 nitrogen and oxygen atoms in total. The van der Waals surface area contributed by atoms with Gasteiger partial charge in [-0.2, -0.15) is 18.3 Å². The maximum absolute atomic E-state index is 12.6. The number of anilines is 1. The third-order valence-electron chi connectivity index (χ3n) is 2.54. The quantitative estimate of drug-likeness (QED) is 0.619. The number of nitrogens with one attached hydrogen (secondary N) is 2. The first-order valence-electron chi connectivity index (χ1n) is 6.50. The van der Waals surface area contributed by atoms with Crippen molar-refractivity contribution < 1.29 is 27.5 Å². The molecule has 0 saturated heterocycles. The summed E-state index contributed by atoms with van der Waals surface area (Å²) in [7, 11) is 1.35. The fourth-order valence-electron chi connectivity index (χ4n) is 1.57. The van der Waals surface area contributed by atoms with Crippen LogP contribution in [0.5, 0.6) is 0 Å². The van der Waals surface area contributed by atoms with Gasteiger partial charge in [-0.1, -0.05) is 6.07 Å². The van der Waals surface area contributed by atoms with Gasteiger partial charge in [0.15, 0.2) is 0 Å². The van der Waals surface area contributed by atoms with Gasteiger partial charge in [0.05, 0.1) is 12.0 Å². The molecule has 0 fully saturated rings. The maximum atomic E-state index is 12.6. The van der Waals surface area contributed by atoms with E-state index >= 15 is 0 Å². The monoisotopic (exact) mass is 331 g/mol. The Kier molecular flexibility index (Phi) is 6.70. The molecule has 2 N–H and O–H groups in total. The molecule has 126 valence electrons. The molecule has 0 aliphatic heterocycles. The molecule has 1 aromatic rings. The number of methoxy groups -OCH3 is 1. The lowest BCUT2D eigenvalue weighted by atomic mass is 10.2. The highest BCUT2D eigenvalue weighted by Crippen LogP contribution is 2.30. The summed E-state index contributed by atoms with van der Waals surface area (Å²) in [5, 5.41) is 6.02. The number of amides is 2. The fourth-order valence-corrected chi connectivity index (χ4v) is 1.57. The molecule has 0 aromatic heterocycles. The smallest absolute Gasteiger partial charge is 0.375 e. The summed E-state index contributed by atoms with van der Waals surface area (Å²) >= 11 is 0. The van der Waals surface area contributed by atoms with Gasteiger partial charge in [0.1, 0.15) is 6.61 Å². The van der Waals surface area contributed by atoms with Gasteiger partial charge in [-0.3, -0.25) is 9.59 Å². The molecule has 1 rings (SSSR count). The van der Waals surface area contributed by atoms with Crippen LogP contribution in [-0.4, -0.2) is 31.2 Å². The Balaban J connectivity index is 2.60. The van der Waals surface area contributed by atoms with E-state index in [1.165, 1.54) is 26.2 Å². The minimum absolute atomic E-state index is 0.0287. The van der Waals surface area contributed by atoms with E-state index in [-0.39, 0.29) is 18.7 Å². The molecule has 23 heavy (non-hydrogen) atoms. The Morgan fingerprint density at radius 2 is 1.96 bits per heavy atom. The number of benzene rings is 1. The summed E-state index contributed by atoms with van der Waals surface area (Å²) in [6, 6.07) is 4.29. The second-order valence-corrected chi connectivity index (χ2v) is 4.62. The number of nitrogens with zero attached hydrogens (tertiary/aromatic N) is 1. The molecular weight excluding hydrogens is 315 g/mol. The van der Waals surface area contributed by atoms with Crippen LogP contribution in [0.1, 0.15) is 18.9 Å². The highest BCUT2D eigenvalue weighted by atomic mass is 19.4. The zero-order chi connectivity index (χ0) is 17.5. The lowest BCUT2D eigenvalue weighted by molar-refractivity contribution is -0.137. The van der Waals surface area contributed by atoms with Crippen LogP contribution in [0, 0.1) is 0 Å². The Morgan fingerprint density at radius 3 is 2.57 bits per heavy atom. The van der Waals surface area contributed by atoms with Crippen molar-refractivity contribution in [2.45, 2.75) is 19.5 Å². The highest BCUT2D eigenvalue weighted by molar-refractivity contribution is 6.05. The average Bonchev–Trinajstić information content (AvgIpc) is 2.44. The van der Waals surface area contributed by atoms with E-state index in [0.29, 0.717) is 5.71 Å². The Labute approximate surface area is 130 Å². The lowest BCUT2D eigenvalue weighted by Gasteiger charge is -2.10. The van der Waals surface area contributed by atoms with Crippen LogP contribution in [0.4, 0.5) is 18.9 Å². The normalized spacial score (nSPS) is 12.0. The maximum Gasteiger partial charge on any atom is 0.416 e. The first-order chi connectivity index (χ1) is 10.7. The van der Waals surface area contributed by atoms with Gasteiger partial charge in [0, 0.05) is 18.5 Å². The molecule has 0 saturated carbocycles. The predicted molar refractivity (Wildman–Crippen MR) is 77.8 cm³/mol. The Hall–Kier alpha value is -2.42. The van der Waals surface area contributed by atoms with Crippen LogP contribution in [0.25, 0.3) is 0 Å². The number of alkyl halides is 3. The molecule has 2 amide bonds. The largest absolute Gasteiger partial charge is 0.416 e. The van der Waals surface area contributed by atoms with E-state index in [4.69, 9.17) is 0 Å². The number of rotatable bonds is 6. The van der Waals surface area contributed by atoms with Gasteiger partial charge in [0.25, 0.3) is 5.91 Å². The minimum Gasteiger partial charge on any atom is -0.375 e. The number of halogens is 3. The summed E-state index contributed by atoms with van der Waals surface area (Å²) in [6.07, 6.45) is -4.66. The summed E-state index contributed by atoms with van der Waals surface area (Å²) in [6.45, 7) is 1.33. The molecule has 0 bridgehead atoms. The van der Waals surface area contributed by atoms with E-state index in [1.54, 1.807) is 0 Å². The third kappa shape index (κ3) is 6.92. The molecule has 1 aromatic carbocycles. The van der Waals surface area contributed by atoms with Crippen molar-refractivity contribution >= 4 is 23.2 Å². The standard InChI is InChI=1S/C14H16F3N3O3/c1-9(19-20-13(22)8-23-2)6-12(21)18-11-5-3-4-10(7-11)14(15,16)17/h3-5,7H,6,8H2,1-2H3,(H,18,21)(H,20,22)/b19-9-. The van der Waals surface area contributed by atoms with Gasteiger partial charge in [0.2, 0.25) is 5.91 Å². The number of carbonyl (C=O) groups excluding carboxylic acids is 2. The molecule has 0 unspecified atom stereocenters. The van der Waals surface area contributed by atoms with E-state index in [9.17, 15) is 22.8 Å². The number of hydrazone groups is 1. The summed E-state index contributed by atoms with van der Waals surface area (Å²) < 4.78 is 42.3. The third-order valence-corrected chi connectivity index (χ3v) is 2.54. The SMILES string of the molecule is COCC(=O)N/N=C(/C)CC(=O)Nc1cccc(C(F)(F)F)c1. The van der Waals surface area contributed by atoms with Crippen LogP contribution in [-0.2, 0) is 20.5 Å². The molecule has 0 heterocycles. The van der Waals surface area contributed by atoms with Gasteiger partial charge in [-0.25, -0.2) is 5.43 Å². The summed E-state index contributed by atoms with van der Waals surface area (Å²) in [5.41, 5.74) is 1.64. The number of carbonyl (C=O) groups is 2. The minimum atomic E-state index is -4.48. The topological polar surface area (TPSA) is 79.8 Å². The fraction of sp³-hybridized carbons (Fsp3) is 0.357. The first-order valence-corrected chi connectivity index (χ1v) is 6.50. The molecule has 0 aliphatic carbocycles. The van der Waals surface area contributed by atoms with Crippen molar-refractivity contribution in [1.82, 2.24) is 5.43 Å². The second kappa shape index (κ2) is 8.28. The van der Waals surface area contributed by atoms with Crippen molar-refractivity contribution in [3.63, 3.8) is 0 Å². The molecule has 9 heteroatoms. The van der Waals surface area contributed by atoms with Crippen molar-refractivity contribution in [3.8, 4) is 0 Å². The molecule has 0 aliphatic rings. The van der Waals surface area contributed by atoms with E-state index < -0.39 is 23.6 Å². The summed E-state index contributed by atoms with van der Waals surface area (Å²) in [4.78, 5) is 22.8. The Bertz CT molecular complexity index is 600. The van der Waals surface area contributed by atoms with Crippen LogP contribution in [0.15, 0.2) is 29.4 Å². The Morgan fingerprint density at radius 1 is 1.26 bits per heavy atom. The molecule has 0 spiro atoms. The van der Waals surface area contributed by atoms with Crippen molar-refractivity contribution in [3.05, 3.63) is 29.8 Å². The van der Waals surface area contributed by atoms with E-state index in [2.05, 4.69) is 20.6 Å². The van der Waals surface area contributed by atoms with E-state index in [0.717, 1.165) is 12.1 Å². The van der Waals surface area contributed by atoms with Crippen molar-refractivity contribution in [2.75, 3.05) is 19.0 Å². The van der Waals surface area contributed by atoms with Crippen molar-refractivity contribution in [2.24, 2.45) is 5.10 Å². The van der Waals surface area contributed by atoms with Gasteiger partial charge in [-0.15, -0.1) is 0 Å². The van der Waals surface area contributed by atoms with Crippen LogP contribution in [0.3, 0.4) is 0 Å². The van der Waals surface area contributed by atoms with E-state index in [1.807, 2.05) is 0 Å². The number of hydrogen-bond acceptors (Lipinski definition) is 4. The van der Waals surface area contributed by atoms with Gasteiger partial charge < -0.3 is 10.1 Å². The number of hydrogen-bond donors (Lipinski definition) is 2. The van der Waals surface area contributed by atoms with Crippen LogP contribution < -0.4 is 10.7 Å². The van der Waals surface area contributed by atoms with Crippen LogP contribution in [0.2, 0.25) is 0 Å². The average molecular weight is 331 g/mol. The zero-order valence-electron chi connectivity index (χ0n) is 12.5. The zero-order valence-corrected chi connectivity index (χ0v) is 12.5. The molecular formula is C14H16F3N3O3. The van der Waals surface area contributed by atoms with Crippen LogP contribution >= 0.6 is 0 Å².